The number of benzene rings is 1. The van der Waals surface area contributed by atoms with Gasteiger partial charge in [0.15, 0.2) is 17.0 Å². The summed E-state index contributed by atoms with van der Waals surface area (Å²) in [7, 11) is 5.41. The predicted octanol–water partition coefficient (Wildman–Crippen LogP) is 6.21. The molecule has 7 aliphatic rings. The summed E-state index contributed by atoms with van der Waals surface area (Å²) in [6.45, 7) is 9.94. The summed E-state index contributed by atoms with van der Waals surface area (Å²) in [5.74, 6) is 0.896. The lowest BCUT2D eigenvalue weighted by Gasteiger charge is -2.62. The lowest BCUT2D eigenvalue weighted by molar-refractivity contribution is -0.186. The zero-order valence-electron chi connectivity index (χ0n) is 39.5. The van der Waals surface area contributed by atoms with Crippen LogP contribution < -0.4 is 26.7 Å². The first-order chi connectivity index (χ1) is 32.1. The smallest absolute Gasteiger partial charge is 0.339 e. The van der Waals surface area contributed by atoms with Gasteiger partial charge in [0.2, 0.25) is 5.91 Å². The van der Waals surface area contributed by atoms with E-state index >= 15 is 0 Å². The second kappa shape index (κ2) is 18.9. The van der Waals surface area contributed by atoms with Crippen molar-refractivity contribution in [2.24, 2.45) is 35.3 Å². The molecule has 3 aliphatic carbocycles. The summed E-state index contributed by atoms with van der Waals surface area (Å²) in [5.41, 5.74) is 8.58. The Hall–Kier alpha value is -4.28. The topological polar surface area (TPSA) is 194 Å². The van der Waals surface area contributed by atoms with E-state index < -0.39 is 34.8 Å². The number of carbonyl (C=O) groups excluding carboxylic acids is 3. The molecule has 6 N–H and O–H groups in total. The Balaban J connectivity index is 1.11. The van der Waals surface area contributed by atoms with Crippen LogP contribution in [0.5, 0.6) is 5.75 Å². The number of nitrogens with two attached hydrogens (primary N) is 1. The lowest BCUT2D eigenvalue weighted by atomic mass is 9.61. The molecule has 0 radical (unpaired) electrons. The Kier molecular flexibility index (Phi) is 13.5. The number of hydrogen-bond acceptors (Lipinski definition) is 14. The molecule has 1 amide bonds. The molecule has 1 saturated heterocycles. The van der Waals surface area contributed by atoms with Gasteiger partial charge < -0.3 is 45.4 Å². The fraction of sp³-hybridized carbons (Fsp3) is 0.577. The van der Waals surface area contributed by atoms with E-state index in [0.29, 0.717) is 96.8 Å². The maximum absolute atomic E-state index is 14.9. The molecule has 1 aromatic carbocycles. The second-order valence-electron chi connectivity index (χ2n) is 20.6. The normalized spacial score (nSPS) is 32.1. The Morgan fingerprint density at radius 3 is 2.70 bits per heavy atom. The van der Waals surface area contributed by atoms with Crippen molar-refractivity contribution >= 4 is 50.2 Å². The van der Waals surface area contributed by atoms with Gasteiger partial charge in [-0.3, -0.25) is 9.59 Å². The number of aliphatic hydroxyl groups is 2. The summed E-state index contributed by atoms with van der Waals surface area (Å²) >= 11 is 0. The van der Waals surface area contributed by atoms with Crippen molar-refractivity contribution in [1.82, 2.24) is 15.5 Å². The van der Waals surface area contributed by atoms with E-state index in [4.69, 9.17) is 19.6 Å². The van der Waals surface area contributed by atoms with Crippen molar-refractivity contribution in [3.8, 4) is 5.75 Å². The number of dihydropyridines is 1. The number of ether oxygens (including phenoxy) is 2. The van der Waals surface area contributed by atoms with Gasteiger partial charge in [0.1, 0.15) is 11.3 Å². The standard InChI is InChI=1S/C52H66N4O9S2/c1-7-28(4)49(61)65-51(5)15-14-30-26-66-67-42-20-37-39(59)13-12-38-45(47(37)54-6)48(42)56(38)44(60)19-34-24-55-43(53)21-36(34)46(30)52(51)23-33-18-31-17-32(50(62)63-40(31)22-41(33)64-52)16-29(25-57)9-11-35(58)10-8-27(2)3/h7,12-14,17-18,21-22,27,29,35,37-38,42,45-48,54-55,57-58H,8-11,15-16,19-20,23-26,53H2,1-6H3/b28-7+/t29-,35-,37-,38+,42+,45+,46-,47+,48-,51-,52-/m1/s1. The van der Waals surface area contributed by atoms with Crippen molar-refractivity contribution in [3.63, 3.8) is 0 Å². The average Bonchev–Trinajstić information content (AvgIpc) is 3.66. The van der Waals surface area contributed by atoms with E-state index in [-0.39, 0.29) is 65.8 Å². The highest BCUT2D eigenvalue weighted by molar-refractivity contribution is 8.77. The number of nitrogens with zero attached hydrogens (tertiary/aromatic N) is 1. The number of hydrogen-bond donors (Lipinski definition) is 5. The highest BCUT2D eigenvalue weighted by atomic mass is 33.1. The van der Waals surface area contributed by atoms with Gasteiger partial charge in [0.25, 0.3) is 0 Å². The van der Waals surface area contributed by atoms with E-state index in [1.165, 1.54) is 0 Å². The molecule has 360 valence electrons. The summed E-state index contributed by atoms with van der Waals surface area (Å²) < 4.78 is 20.1. The molecule has 2 fully saturated rings. The number of esters is 1. The van der Waals surface area contributed by atoms with Crippen LogP contribution in [0.25, 0.3) is 11.0 Å². The molecule has 1 aromatic heterocycles. The summed E-state index contributed by atoms with van der Waals surface area (Å²) in [4.78, 5) is 58.1. The largest absolute Gasteiger partial charge is 0.481 e. The molecule has 11 atom stereocenters. The predicted molar refractivity (Wildman–Crippen MR) is 262 cm³/mol. The van der Waals surface area contributed by atoms with Gasteiger partial charge >= 0.3 is 11.6 Å². The van der Waals surface area contributed by atoms with Crippen LogP contribution in [0.3, 0.4) is 0 Å². The molecule has 2 bridgehead atoms. The third-order valence-electron chi connectivity index (χ3n) is 16.0. The zero-order chi connectivity index (χ0) is 47.5. The monoisotopic (exact) mass is 954 g/mol. The number of rotatable bonds is 12. The van der Waals surface area contributed by atoms with Crippen molar-refractivity contribution in [3.05, 3.63) is 98.2 Å². The van der Waals surface area contributed by atoms with E-state index in [9.17, 15) is 29.4 Å². The third-order valence-corrected chi connectivity index (χ3v) is 18.8. The number of carbonyl (C=O) groups is 3. The van der Waals surface area contributed by atoms with E-state index in [1.807, 2.05) is 43.2 Å². The first-order valence-corrected chi connectivity index (χ1v) is 26.5. The average molecular weight is 955 g/mol. The number of nitrogens with one attached hydrogen (secondary N) is 2. The molecule has 15 heteroatoms. The minimum atomic E-state index is -1.24. The van der Waals surface area contributed by atoms with Crippen LogP contribution >= 0.6 is 21.6 Å². The minimum Gasteiger partial charge on any atom is -0.481 e. The van der Waals surface area contributed by atoms with Gasteiger partial charge in [-0.05, 0) is 119 Å². The number of ketones is 1. The van der Waals surface area contributed by atoms with E-state index in [2.05, 4.69) is 30.6 Å². The molecule has 5 heterocycles. The molecule has 4 aliphatic heterocycles. The number of aliphatic hydroxyl groups excluding tert-OH is 2. The van der Waals surface area contributed by atoms with Crippen molar-refractivity contribution in [2.75, 3.05) is 26.0 Å². The van der Waals surface area contributed by atoms with Crippen LogP contribution in [-0.4, -0.2) is 99.4 Å². The van der Waals surface area contributed by atoms with Gasteiger partial charge in [-0.2, -0.15) is 0 Å². The van der Waals surface area contributed by atoms with Crippen molar-refractivity contribution in [1.29, 1.82) is 0 Å². The van der Waals surface area contributed by atoms with E-state index in [1.54, 1.807) is 53.7 Å². The lowest BCUT2D eigenvalue weighted by Crippen LogP contribution is -2.75. The van der Waals surface area contributed by atoms with Crippen LogP contribution in [0.1, 0.15) is 90.7 Å². The first-order valence-electron chi connectivity index (χ1n) is 24.1. The zero-order valence-corrected chi connectivity index (χ0v) is 41.1. The fourth-order valence-electron chi connectivity index (χ4n) is 12.1. The van der Waals surface area contributed by atoms with Crippen LogP contribution in [0.15, 0.2) is 85.9 Å². The van der Waals surface area contributed by atoms with Gasteiger partial charge in [0.05, 0.1) is 36.3 Å². The third kappa shape index (κ3) is 8.63. The summed E-state index contributed by atoms with van der Waals surface area (Å²) in [6.07, 6.45) is 13.5. The summed E-state index contributed by atoms with van der Waals surface area (Å²) in [5, 5.41) is 28.5. The second-order valence-corrected chi connectivity index (χ2v) is 23.2. The van der Waals surface area contributed by atoms with Gasteiger partial charge in [-0.25, -0.2) is 9.59 Å². The molecule has 9 rings (SSSR count). The maximum atomic E-state index is 14.9. The van der Waals surface area contributed by atoms with Gasteiger partial charge in [0, 0.05) is 77.5 Å². The highest BCUT2D eigenvalue weighted by Crippen LogP contribution is 2.59. The van der Waals surface area contributed by atoms with Gasteiger partial charge in [-0.1, -0.05) is 59.2 Å². The molecule has 2 aromatic rings. The van der Waals surface area contributed by atoms with Gasteiger partial charge in [-0.15, -0.1) is 0 Å². The Morgan fingerprint density at radius 1 is 1.16 bits per heavy atom. The Morgan fingerprint density at radius 2 is 1.96 bits per heavy atom. The molecule has 1 spiro atoms. The van der Waals surface area contributed by atoms with Crippen LogP contribution in [-0.2, 0) is 32.0 Å². The Bertz CT molecular complexity index is 2550. The Labute approximate surface area is 400 Å². The van der Waals surface area contributed by atoms with Crippen LogP contribution in [0.4, 0.5) is 0 Å². The highest BCUT2D eigenvalue weighted by Gasteiger charge is 2.65. The molecular formula is C52H66N4O9S2. The SMILES string of the molecule is C/C=C(\C)C(=O)O[C@]1(C)CC=C2CSS[C@H]3C[C@@H]4C(=O)C=C[C@H]5[C@@H]([C@H]4NC)[C@@H]3N5C(=O)CC3=C(C=C(N)NC3)[C@@H]2[C@]12Cc1cc3cc(C[C@H](CO)CC[C@H](O)CCC(C)C)c(=O)oc3cc1O2. The molecule has 1 saturated carbocycles. The number of amides is 1. The van der Waals surface area contributed by atoms with Crippen LogP contribution in [0.2, 0.25) is 0 Å². The van der Waals surface area contributed by atoms with Crippen molar-refractivity contribution < 1.29 is 38.5 Å². The number of fused-ring (bicyclic) bond motifs is 7. The molecular weight excluding hydrogens is 889 g/mol. The molecule has 0 unspecified atom stereocenters. The summed E-state index contributed by atoms with van der Waals surface area (Å²) in [6, 6.07) is 5.36. The van der Waals surface area contributed by atoms with Crippen molar-refractivity contribution in [2.45, 2.75) is 133 Å². The van der Waals surface area contributed by atoms with E-state index in [0.717, 1.165) is 28.7 Å². The molecule has 67 heavy (non-hydrogen) atoms. The quantitative estimate of drug-likeness (QED) is 0.0531. The first kappa shape index (κ1) is 47.8. The fourth-order valence-corrected chi connectivity index (χ4v) is 15.2. The maximum Gasteiger partial charge on any atom is 0.339 e. The minimum absolute atomic E-state index is 0.00960. The van der Waals surface area contributed by atoms with Crippen LogP contribution in [0, 0.1) is 29.6 Å². The number of allylic oxidation sites excluding steroid dienone is 3. The molecule has 13 nitrogen and oxygen atoms in total.